The summed E-state index contributed by atoms with van der Waals surface area (Å²) in [6.45, 7) is 0. The first-order valence-corrected chi connectivity index (χ1v) is 8.50. The van der Waals surface area contributed by atoms with Crippen LogP contribution in [0.25, 0.3) is 0 Å². The molecule has 0 aliphatic carbocycles. The number of anilines is 2. The van der Waals surface area contributed by atoms with Gasteiger partial charge in [0.15, 0.2) is 0 Å². The third-order valence-corrected chi connectivity index (χ3v) is 4.72. The Balaban J connectivity index is 2.06. The molecule has 0 aliphatic heterocycles. The number of sulfonamides is 1. The summed E-state index contributed by atoms with van der Waals surface area (Å²) in [7, 11) is -3.41. The Labute approximate surface area is 127 Å². The van der Waals surface area contributed by atoms with E-state index >= 15 is 0 Å². The minimum Gasteiger partial charge on any atom is -0.399 e. The average molecular weight is 355 g/mol. The molecule has 2 aromatic rings. The number of hydrogen-bond acceptors (Lipinski definition) is 3. The monoisotopic (exact) mass is 354 g/mol. The SMILES string of the molecule is Nc1ccc(Br)c(NS(=O)(=O)CCc2ccccc2)c1. The van der Waals surface area contributed by atoms with Crippen LogP contribution in [0.2, 0.25) is 0 Å². The van der Waals surface area contributed by atoms with Gasteiger partial charge in [0.25, 0.3) is 0 Å². The molecule has 0 heterocycles. The van der Waals surface area contributed by atoms with E-state index in [0.29, 0.717) is 22.3 Å². The second kappa shape index (κ2) is 6.28. The van der Waals surface area contributed by atoms with E-state index in [1.165, 1.54) is 0 Å². The number of nitrogen functional groups attached to an aromatic ring is 1. The summed E-state index contributed by atoms with van der Waals surface area (Å²) in [5.41, 5.74) is 7.61. The van der Waals surface area contributed by atoms with Crippen LogP contribution >= 0.6 is 15.9 Å². The maximum Gasteiger partial charge on any atom is 0.233 e. The summed E-state index contributed by atoms with van der Waals surface area (Å²) in [4.78, 5) is 0. The van der Waals surface area contributed by atoms with Crippen molar-refractivity contribution in [3.63, 3.8) is 0 Å². The average Bonchev–Trinajstić information content (AvgIpc) is 2.42. The molecule has 0 unspecified atom stereocenters. The van der Waals surface area contributed by atoms with Gasteiger partial charge in [-0.05, 0) is 46.1 Å². The molecule has 20 heavy (non-hydrogen) atoms. The highest BCUT2D eigenvalue weighted by molar-refractivity contribution is 9.10. The van der Waals surface area contributed by atoms with Crippen molar-refractivity contribution in [1.82, 2.24) is 0 Å². The van der Waals surface area contributed by atoms with Gasteiger partial charge < -0.3 is 5.73 Å². The maximum atomic E-state index is 12.1. The highest BCUT2D eigenvalue weighted by Gasteiger charge is 2.12. The first-order chi connectivity index (χ1) is 9.46. The summed E-state index contributed by atoms with van der Waals surface area (Å²) < 4.78 is 27.3. The zero-order chi connectivity index (χ0) is 14.6. The smallest absolute Gasteiger partial charge is 0.233 e. The topological polar surface area (TPSA) is 72.2 Å². The molecular weight excluding hydrogens is 340 g/mol. The Morgan fingerprint density at radius 1 is 1.10 bits per heavy atom. The normalized spacial score (nSPS) is 11.2. The van der Waals surface area contributed by atoms with Gasteiger partial charge in [0.1, 0.15) is 0 Å². The zero-order valence-electron chi connectivity index (χ0n) is 10.7. The predicted octanol–water partition coefficient (Wildman–Crippen LogP) is 3.02. The fourth-order valence-corrected chi connectivity index (χ4v) is 3.32. The lowest BCUT2D eigenvalue weighted by Gasteiger charge is -2.10. The fourth-order valence-electron chi connectivity index (χ4n) is 1.74. The van der Waals surface area contributed by atoms with Gasteiger partial charge >= 0.3 is 0 Å². The van der Waals surface area contributed by atoms with Crippen LogP contribution in [0.1, 0.15) is 5.56 Å². The van der Waals surface area contributed by atoms with Crippen LogP contribution < -0.4 is 10.5 Å². The molecule has 6 heteroatoms. The highest BCUT2D eigenvalue weighted by atomic mass is 79.9. The number of rotatable bonds is 5. The number of nitrogens with one attached hydrogen (secondary N) is 1. The van der Waals surface area contributed by atoms with Crippen molar-refractivity contribution in [2.45, 2.75) is 6.42 Å². The van der Waals surface area contributed by atoms with Crippen molar-refractivity contribution in [2.24, 2.45) is 0 Å². The van der Waals surface area contributed by atoms with Gasteiger partial charge in [0.05, 0.1) is 11.4 Å². The lowest BCUT2D eigenvalue weighted by atomic mass is 10.2. The molecule has 0 saturated carbocycles. The Hall–Kier alpha value is -1.53. The van der Waals surface area contributed by atoms with Gasteiger partial charge in [0.2, 0.25) is 10.0 Å². The summed E-state index contributed by atoms with van der Waals surface area (Å²) in [6, 6.07) is 14.5. The third-order valence-electron chi connectivity index (χ3n) is 2.76. The van der Waals surface area contributed by atoms with Crippen LogP contribution in [0.3, 0.4) is 0 Å². The quantitative estimate of drug-likeness (QED) is 0.810. The highest BCUT2D eigenvalue weighted by Crippen LogP contribution is 2.25. The number of aryl methyl sites for hydroxylation is 1. The summed E-state index contributed by atoms with van der Waals surface area (Å²) in [5.74, 6) is 0.0260. The molecule has 3 N–H and O–H groups in total. The summed E-state index contributed by atoms with van der Waals surface area (Å²) in [5, 5.41) is 0. The van der Waals surface area contributed by atoms with Crippen LogP contribution in [-0.4, -0.2) is 14.2 Å². The number of benzene rings is 2. The standard InChI is InChI=1S/C14H15BrN2O2S/c15-13-7-6-12(16)10-14(13)17-20(18,19)9-8-11-4-2-1-3-5-11/h1-7,10,17H,8-9,16H2. The first-order valence-electron chi connectivity index (χ1n) is 6.06. The predicted molar refractivity (Wildman–Crippen MR) is 86.1 cm³/mol. The molecule has 106 valence electrons. The lowest BCUT2D eigenvalue weighted by molar-refractivity contribution is 0.600. The number of halogens is 1. The first kappa shape index (κ1) is 14.9. The molecule has 4 nitrogen and oxygen atoms in total. The van der Waals surface area contributed by atoms with E-state index in [0.717, 1.165) is 5.56 Å². The molecule has 2 rings (SSSR count). The molecular formula is C14H15BrN2O2S. The lowest BCUT2D eigenvalue weighted by Crippen LogP contribution is -2.18. The van der Waals surface area contributed by atoms with Crippen molar-refractivity contribution < 1.29 is 8.42 Å². The van der Waals surface area contributed by atoms with Gasteiger partial charge in [-0.3, -0.25) is 4.72 Å². The fraction of sp³-hybridized carbons (Fsp3) is 0.143. The Kier molecular flexibility index (Phi) is 4.67. The number of nitrogens with two attached hydrogens (primary N) is 1. The Morgan fingerprint density at radius 3 is 2.50 bits per heavy atom. The molecule has 0 radical (unpaired) electrons. The molecule has 0 aliphatic rings. The van der Waals surface area contributed by atoms with Gasteiger partial charge in [-0.25, -0.2) is 8.42 Å². The van der Waals surface area contributed by atoms with Crippen molar-refractivity contribution in [3.8, 4) is 0 Å². The molecule has 0 amide bonds. The minimum atomic E-state index is -3.41. The molecule has 0 bridgehead atoms. The van der Waals surface area contributed by atoms with E-state index in [2.05, 4.69) is 20.7 Å². The van der Waals surface area contributed by atoms with E-state index in [1.54, 1.807) is 18.2 Å². The van der Waals surface area contributed by atoms with Gasteiger partial charge in [-0.15, -0.1) is 0 Å². The molecule has 0 fully saturated rings. The van der Waals surface area contributed by atoms with Crippen LogP contribution in [0.5, 0.6) is 0 Å². The number of hydrogen-bond donors (Lipinski definition) is 2. The Morgan fingerprint density at radius 2 is 1.80 bits per heavy atom. The van der Waals surface area contributed by atoms with Crippen molar-refractivity contribution in [3.05, 3.63) is 58.6 Å². The van der Waals surface area contributed by atoms with E-state index in [4.69, 9.17) is 5.73 Å². The third kappa shape index (κ3) is 4.25. The molecule has 0 atom stereocenters. The second-order valence-electron chi connectivity index (χ2n) is 4.40. The molecule has 0 spiro atoms. The molecule has 0 saturated heterocycles. The van der Waals surface area contributed by atoms with Crippen LogP contribution in [0, 0.1) is 0 Å². The molecule has 0 aromatic heterocycles. The summed E-state index contributed by atoms with van der Waals surface area (Å²) in [6.07, 6.45) is 0.468. The van der Waals surface area contributed by atoms with Gasteiger partial charge in [0, 0.05) is 10.2 Å². The Bertz CT molecular complexity index is 688. The zero-order valence-corrected chi connectivity index (χ0v) is 13.1. The minimum absolute atomic E-state index is 0.0260. The van der Waals surface area contributed by atoms with Crippen LogP contribution in [0.4, 0.5) is 11.4 Å². The van der Waals surface area contributed by atoms with Crippen molar-refractivity contribution in [1.29, 1.82) is 0 Å². The summed E-state index contributed by atoms with van der Waals surface area (Å²) >= 11 is 3.30. The van der Waals surface area contributed by atoms with Gasteiger partial charge in [-0.2, -0.15) is 0 Å². The molecule has 2 aromatic carbocycles. The van der Waals surface area contributed by atoms with Crippen LogP contribution in [-0.2, 0) is 16.4 Å². The van der Waals surface area contributed by atoms with Crippen molar-refractivity contribution >= 4 is 37.3 Å². The van der Waals surface area contributed by atoms with E-state index in [1.807, 2.05) is 30.3 Å². The largest absolute Gasteiger partial charge is 0.399 e. The van der Waals surface area contributed by atoms with Gasteiger partial charge in [-0.1, -0.05) is 30.3 Å². The van der Waals surface area contributed by atoms with Crippen LogP contribution in [0.15, 0.2) is 53.0 Å². The van der Waals surface area contributed by atoms with E-state index in [9.17, 15) is 8.42 Å². The van der Waals surface area contributed by atoms with E-state index in [-0.39, 0.29) is 5.75 Å². The maximum absolute atomic E-state index is 12.1. The van der Waals surface area contributed by atoms with E-state index < -0.39 is 10.0 Å². The second-order valence-corrected chi connectivity index (χ2v) is 7.09. The van der Waals surface area contributed by atoms with Crippen molar-refractivity contribution in [2.75, 3.05) is 16.2 Å².